The molecule has 0 saturated heterocycles. The van der Waals surface area contributed by atoms with Gasteiger partial charge in [-0.05, 0) is 20.3 Å². The lowest BCUT2D eigenvalue weighted by Crippen LogP contribution is -2.30. The first-order valence-corrected chi connectivity index (χ1v) is 4.15. The van der Waals surface area contributed by atoms with Gasteiger partial charge in [0.2, 0.25) is 5.91 Å². The Morgan fingerprint density at radius 1 is 1.33 bits per heavy atom. The maximum Gasteiger partial charge on any atom is 0.220 e. The van der Waals surface area contributed by atoms with E-state index in [0.717, 1.165) is 0 Å². The van der Waals surface area contributed by atoms with E-state index in [0.29, 0.717) is 12.8 Å². The highest BCUT2D eigenvalue weighted by atomic mass is 16.3. The molecule has 0 aliphatic rings. The second-order valence-corrected chi connectivity index (χ2v) is 3.04. The molecule has 0 aromatic carbocycles. The van der Waals surface area contributed by atoms with Gasteiger partial charge >= 0.3 is 0 Å². The number of aliphatic hydroxyl groups excluding tert-OH is 2. The van der Waals surface area contributed by atoms with Crippen molar-refractivity contribution in [3.63, 3.8) is 0 Å². The van der Waals surface area contributed by atoms with Gasteiger partial charge in [-0.15, -0.1) is 0 Å². The highest BCUT2D eigenvalue weighted by Gasteiger charge is 2.04. The number of amides is 1. The van der Waals surface area contributed by atoms with E-state index in [9.17, 15) is 4.79 Å². The van der Waals surface area contributed by atoms with Crippen LogP contribution in [0.3, 0.4) is 0 Å². The van der Waals surface area contributed by atoms with Crippen molar-refractivity contribution in [3.8, 4) is 0 Å². The van der Waals surface area contributed by atoms with Gasteiger partial charge in [-0.2, -0.15) is 0 Å². The molecular weight excluding hydrogens is 158 g/mol. The SMILES string of the molecule is CC(O)CCC(=O)NC[C@@H](C)O. The molecule has 3 N–H and O–H groups in total. The number of hydrogen-bond acceptors (Lipinski definition) is 3. The van der Waals surface area contributed by atoms with Crippen molar-refractivity contribution >= 4 is 5.91 Å². The second-order valence-electron chi connectivity index (χ2n) is 3.04. The summed E-state index contributed by atoms with van der Waals surface area (Å²) in [4.78, 5) is 10.9. The fourth-order valence-electron chi connectivity index (χ4n) is 0.690. The molecule has 1 amide bonds. The summed E-state index contributed by atoms with van der Waals surface area (Å²) in [5, 5.41) is 20.2. The first-order valence-electron chi connectivity index (χ1n) is 4.15. The molecule has 0 spiro atoms. The van der Waals surface area contributed by atoms with Crippen molar-refractivity contribution in [1.29, 1.82) is 0 Å². The minimum absolute atomic E-state index is 0.128. The van der Waals surface area contributed by atoms with E-state index in [-0.39, 0.29) is 12.5 Å². The summed E-state index contributed by atoms with van der Waals surface area (Å²) in [5.41, 5.74) is 0. The summed E-state index contributed by atoms with van der Waals surface area (Å²) < 4.78 is 0. The van der Waals surface area contributed by atoms with Crippen molar-refractivity contribution in [3.05, 3.63) is 0 Å². The van der Waals surface area contributed by atoms with Crippen LogP contribution in [0.4, 0.5) is 0 Å². The molecule has 72 valence electrons. The molecule has 0 heterocycles. The van der Waals surface area contributed by atoms with Crippen LogP contribution in [0.2, 0.25) is 0 Å². The van der Waals surface area contributed by atoms with Crippen LogP contribution in [0, 0.1) is 0 Å². The quantitative estimate of drug-likeness (QED) is 0.534. The Bertz CT molecular complexity index is 120. The zero-order valence-corrected chi connectivity index (χ0v) is 7.58. The van der Waals surface area contributed by atoms with Crippen molar-refractivity contribution < 1.29 is 15.0 Å². The Hall–Kier alpha value is -0.610. The molecule has 2 atom stereocenters. The number of aliphatic hydroxyl groups is 2. The van der Waals surface area contributed by atoms with Crippen molar-refractivity contribution in [2.45, 2.75) is 38.9 Å². The number of carbonyl (C=O) groups excluding carboxylic acids is 1. The summed E-state index contributed by atoms with van der Waals surface area (Å²) in [7, 11) is 0. The lowest BCUT2D eigenvalue weighted by atomic mass is 10.2. The van der Waals surface area contributed by atoms with Gasteiger partial charge < -0.3 is 15.5 Å². The van der Waals surface area contributed by atoms with Gasteiger partial charge in [0.25, 0.3) is 0 Å². The molecule has 0 aliphatic carbocycles. The molecule has 0 aliphatic heterocycles. The Morgan fingerprint density at radius 3 is 2.33 bits per heavy atom. The largest absolute Gasteiger partial charge is 0.393 e. The van der Waals surface area contributed by atoms with Gasteiger partial charge in [0, 0.05) is 13.0 Å². The van der Waals surface area contributed by atoms with Crippen LogP contribution in [0.5, 0.6) is 0 Å². The van der Waals surface area contributed by atoms with Crippen molar-refractivity contribution in [1.82, 2.24) is 5.32 Å². The number of carbonyl (C=O) groups is 1. The Labute approximate surface area is 72.6 Å². The molecule has 0 bridgehead atoms. The summed E-state index contributed by atoms with van der Waals surface area (Å²) in [6.45, 7) is 3.52. The summed E-state index contributed by atoms with van der Waals surface area (Å²) in [6, 6.07) is 0. The number of nitrogens with one attached hydrogen (secondary N) is 1. The molecule has 0 aromatic rings. The molecular formula is C8H17NO3. The van der Waals surface area contributed by atoms with E-state index in [1.807, 2.05) is 0 Å². The topological polar surface area (TPSA) is 69.6 Å². The van der Waals surface area contributed by atoms with E-state index >= 15 is 0 Å². The summed E-state index contributed by atoms with van der Waals surface area (Å²) >= 11 is 0. The maximum atomic E-state index is 10.9. The normalized spacial score (nSPS) is 15.3. The fraction of sp³-hybridized carbons (Fsp3) is 0.875. The van der Waals surface area contributed by atoms with Gasteiger partial charge in [0.05, 0.1) is 12.2 Å². The van der Waals surface area contributed by atoms with E-state index < -0.39 is 12.2 Å². The second kappa shape index (κ2) is 5.97. The average Bonchev–Trinajstić information content (AvgIpc) is 1.96. The highest BCUT2D eigenvalue weighted by Crippen LogP contribution is 1.94. The van der Waals surface area contributed by atoms with Crippen molar-refractivity contribution in [2.75, 3.05) is 6.54 Å². The molecule has 4 heteroatoms. The summed E-state index contributed by atoms with van der Waals surface area (Å²) in [5.74, 6) is -0.128. The Kier molecular flexibility index (Phi) is 5.66. The molecule has 0 saturated carbocycles. The van der Waals surface area contributed by atoms with Gasteiger partial charge in [-0.25, -0.2) is 0 Å². The Balaban J connectivity index is 3.34. The fourth-order valence-corrected chi connectivity index (χ4v) is 0.690. The van der Waals surface area contributed by atoms with Crippen LogP contribution in [0.15, 0.2) is 0 Å². The predicted molar refractivity (Wildman–Crippen MR) is 45.6 cm³/mol. The standard InChI is InChI=1S/C8H17NO3/c1-6(10)3-4-8(12)9-5-7(2)11/h6-7,10-11H,3-5H2,1-2H3,(H,9,12)/t6?,7-/m1/s1. The van der Waals surface area contributed by atoms with Crippen LogP contribution in [0.1, 0.15) is 26.7 Å². The third kappa shape index (κ3) is 7.50. The zero-order valence-electron chi connectivity index (χ0n) is 7.58. The van der Waals surface area contributed by atoms with Crippen LogP contribution < -0.4 is 5.32 Å². The third-order valence-electron chi connectivity index (χ3n) is 1.38. The predicted octanol–water partition coefficient (Wildman–Crippen LogP) is -0.356. The van der Waals surface area contributed by atoms with Gasteiger partial charge in [0.1, 0.15) is 0 Å². The monoisotopic (exact) mass is 175 g/mol. The average molecular weight is 175 g/mol. The first kappa shape index (κ1) is 11.4. The van der Waals surface area contributed by atoms with E-state index in [4.69, 9.17) is 10.2 Å². The summed E-state index contributed by atoms with van der Waals surface area (Å²) in [6.07, 6.45) is -0.182. The minimum Gasteiger partial charge on any atom is -0.393 e. The Morgan fingerprint density at radius 2 is 1.92 bits per heavy atom. The third-order valence-corrected chi connectivity index (χ3v) is 1.38. The molecule has 0 aromatic heterocycles. The zero-order chi connectivity index (χ0) is 9.56. The van der Waals surface area contributed by atoms with E-state index in [1.165, 1.54) is 0 Å². The van der Waals surface area contributed by atoms with E-state index in [1.54, 1.807) is 13.8 Å². The van der Waals surface area contributed by atoms with Crippen LogP contribution in [-0.4, -0.2) is 34.9 Å². The molecule has 12 heavy (non-hydrogen) atoms. The smallest absolute Gasteiger partial charge is 0.220 e. The highest BCUT2D eigenvalue weighted by molar-refractivity contribution is 5.75. The van der Waals surface area contributed by atoms with E-state index in [2.05, 4.69) is 5.32 Å². The number of hydrogen-bond donors (Lipinski definition) is 3. The molecule has 0 rings (SSSR count). The molecule has 0 radical (unpaired) electrons. The van der Waals surface area contributed by atoms with Crippen LogP contribution in [-0.2, 0) is 4.79 Å². The van der Waals surface area contributed by atoms with Gasteiger partial charge in [-0.3, -0.25) is 4.79 Å². The first-order chi connectivity index (χ1) is 5.52. The molecule has 1 unspecified atom stereocenters. The lowest BCUT2D eigenvalue weighted by molar-refractivity contribution is -0.122. The van der Waals surface area contributed by atoms with Gasteiger partial charge in [-0.1, -0.05) is 0 Å². The number of rotatable bonds is 5. The minimum atomic E-state index is -0.513. The van der Waals surface area contributed by atoms with Crippen molar-refractivity contribution in [2.24, 2.45) is 0 Å². The van der Waals surface area contributed by atoms with Crippen LogP contribution in [0.25, 0.3) is 0 Å². The van der Waals surface area contributed by atoms with Crippen LogP contribution >= 0.6 is 0 Å². The lowest BCUT2D eigenvalue weighted by Gasteiger charge is -2.07. The molecule has 4 nitrogen and oxygen atoms in total. The maximum absolute atomic E-state index is 10.9. The molecule has 0 fully saturated rings. The van der Waals surface area contributed by atoms with Gasteiger partial charge in [0.15, 0.2) is 0 Å².